The minimum Gasteiger partial charge on any atom is -0.495 e. The Bertz CT molecular complexity index is 284. The van der Waals surface area contributed by atoms with Gasteiger partial charge >= 0.3 is 0 Å². The maximum absolute atomic E-state index is 11.9. The molecule has 1 aliphatic rings. The molecule has 1 heterocycles. The fraction of sp³-hybridized carbons (Fsp3) is 0.750. The number of carbonyl (C=O) groups is 1. The zero-order chi connectivity index (χ0) is 11.6. The van der Waals surface area contributed by atoms with Gasteiger partial charge in [0.15, 0.2) is 0 Å². The van der Waals surface area contributed by atoms with Gasteiger partial charge in [0.2, 0.25) is 0 Å². The van der Waals surface area contributed by atoms with Crippen LogP contribution in [0.3, 0.4) is 0 Å². The van der Waals surface area contributed by atoms with Crippen molar-refractivity contribution in [1.82, 2.24) is 5.32 Å². The van der Waals surface area contributed by atoms with Crippen LogP contribution in [0.15, 0.2) is 11.3 Å². The van der Waals surface area contributed by atoms with Gasteiger partial charge in [-0.05, 0) is 5.41 Å². The van der Waals surface area contributed by atoms with Crippen molar-refractivity contribution in [2.75, 3.05) is 13.2 Å². The molecule has 0 saturated carbocycles. The van der Waals surface area contributed by atoms with E-state index in [1.165, 1.54) is 0 Å². The van der Waals surface area contributed by atoms with Crippen molar-refractivity contribution in [2.24, 2.45) is 11.3 Å². The summed E-state index contributed by atoms with van der Waals surface area (Å²) in [7, 11) is 0. The second-order valence-electron chi connectivity index (χ2n) is 5.25. The van der Waals surface area contributed by atoms with Crippen LogP contribution in [-0.2, 0) is 9.53 Å². The minimum absolute atomic E-state index is 0.0173. The number of hydrogen-bond acceptors (Lipinski definition) is 2. The summed E-state index contributed by atoms with van der Waals surface area (Å²) in [4.78, 5) is 11.9. The van der Waals surface area contributed by atoms with Gasteiger partial charge in [-0.2, -0.15) is 0 Å². The van der Waals surface area contributed by atoms with Gasteiger partial charge in [-0.15, -0.1) is 0 Å². The zero-order valence-corrected chi connectivity index (χ0v) is 10.3. The van der Waals surface area contributed by atoms with E-state index >= 15 is 0 Å². The molecule has 0 radical (unpaired) electrons. The number of allylic oxidation sites excluding steroid dienone is 1. The van der Waals surface area contributed by atoms with Crippen LogP contribution in [0.1, 0.15) is 34.6 Å². The van der Waals surface area contributed by atoms with Crippen LogP contribution in [0.2, 0.25) is 0 Å². The average Bonchev–Trinajstić information content (AvgIpc) is 2.24. The summed E-state index contributed by atoms with van der Waals surface area (Å²) in [5, 5.41) is 2.86. The van der Waals surface area contributed by atoms with Gasteiger partial charge in [0.1, 0.15) is 12.4 Å². The Morgan fingerprint density at radius 1 is 1.33 bits per heavy atom. The lowest BCUT2D eigenvalue weighted by Crippen LogP contribution is -2.31. The van der Waals surface area contributed by atoms with Crippen LogP contribution in [-0.4, -0.2) is 19.1 Å². The molecule has 3 heteroatoms. The lowest BCUT2D eigenvalue weighted by Gasteiger charge is -2.25. The smallest absolute Gasteiger partial charge is 0.251 e. The quantitative estimate of drug-likeness (QED) is 0.721. The van der Waals surface area contributed by atoms with Crippen molar-refractivity contribution in [3.63, 3.8) is 0 Å². The lowest BCUT2D eigenvalue weighted by molar-refractivity contribution is -0.118. The standard InChI is InChI=1S/C12H21NO2/c1-8(2)10-9(12(3,4)5)11(14)13-6-7-15-10/h8H,6-7H2,1-5H3,(H,13,14). The molecule has 0 unspecified atom stereocenters. The molecule has 1 amide bonds. The molecule has 0 aromatic heterocycles. The van der Waals surface area contributed by atoms with Gasteiger partial charge < -0.3 is 10.1 Å². The highest BCUT2D eigenvalue weighted by molar-refractivity contribution is 5.95. The highest BCUT2D eigenvalue weighted by Crippen LogP contribution is 2.32. The van der Waals surface area contributed by atoms with Crippen LogP contribution in [0.4, 0.5) is 0 Å². The number of ether oxygens (including phenoxy) is 1. The Kier molecular flexibility index (Phi) is 3.42. The highest BCUT2D eigenvalue weighted by Gasteiger charge is 2.31. The SMILES string of the molecule is CC(C)C1=C(C(C)(C)C)C(=O)NCCO1. The van der Waals surface area contributed by atoms with Gasteiger partial charge in [-0.25, -0.2) is 0 Å². The Balaban J connectivity index is 3.20. The first-order valence-electron chi connectivity index (χ1n) is 5.49. The molecule has 0 spiro atoms. The molecule has 1 aliphatic heterocycles. The maximum atomic E-state index is 11.9. The van der Waals surface area contributed by atoms with Crippen molar-refractivity contribution < 1.29 is 9.53 Å². The van der Waals surface area contributed by atoms with Crippen LogP contribution < -0.4 is 5.32 Å². The summed E-state index contributed by atoms with van der Waals surface area (Å²) in [6, 6.07) is 0. The van der Waals surface area contributed by atoms with Crippen molar-refractivity contribution in [3.05, 3.63) is 11.3 Å². The van der Waals surface area contributed by atoms with Crippen molar-refractivity contribution in [2.45, 2.75) is 34.6 Å². The molecule has 15 heavy (non-hydrogen) atoms. The van der Waals surface area contributed by atoms with Crippen LogP contribution in [0, 0.1) is 11.3 Å². The third-order valence-corrected chi connectivity index (χ3v) is 2.39. The van der Waals surface area contributed by atoms with E-state index in [-0.39, 0.29) is 17.2 Å². The third-order valence-electron chi connectivity index (χ3n) is 2.39. The predicted molar refractivity (Wildman–Crippen MR) is 60.3 cm³/mol. The number of rotatable bonds is 1. The number of hydrogen-bond donors (Lipinski definition) is 1. The molecule has 86 valence electrons. The number of amides is 1. The molecule has 0 aliphatic carbocycles. The maximum Gasteiger partial charge on any atom is 0.251 e. The zero-order valence-electron chi connectivity index (χ0n) is 10.3. The van der Waals surface area contributed by atoms with E-state index in [9.17, 15) is 4.79 Å². The molecular formula is C12H21NO2. The molecule has 1 rings (SSSR count). The normalized spacial score (nSPS) is 18.7. The molecule has 0 aromatic rings. The first-order chi connectivity index (χ1) is 6.84. The van der Waals surface area contributed by atoms with E-state index in [1.54, 1.807) is 0 Å². The largest absolute Gasteiger partial charge is 0.495 e. The average molecular weight is 211 g/mol. The van der Waals surface area contributed by atoms with E-state index in [2.05, 4.69) is 19.2 Å². The molecule has 1 N–H and O–H groups in total. The Hall–Kier alpha value is -0.990. The van der Waals surface area contributed by atoms with Gasteiger partial charge in [0, 0.05) is 5.92 Å². The minimum atomic E-state index is -0.173. The van der Waals surface area contributed by atoms with E-state index in [1.807, 2.05) is 20.8 Å². The van der Waals surface area contributed by atoms with E-state index in [0.29, 0.717) is 13.2 Å². The van der Waals surface area contributed by atoms with Crippen LogP contribution in [0.25, 0.3) is 0 Å². The Labute approximate surface area is 91.9 Å². The molecular weight excluding hydrogens is 190 g/mol. The summed E-state index contributed by atoms with van der Waals surface area (Å²) in [5.41, 5.74) is 0.614. The summed E-state index contributed by atoms with van der Waals surface area (Å²) >= 11 is 0. The summed E-state index contributed by atoms with van der Waals surface area (Å²) in [6.45, 7) is 11.4. The Morgan fingerprint density at radius 2 is 1.93 bits per heavy atom. The van der Waals surface area contributed by atoms with Gasteiger partial charge in [0.25, 0.3) is 5.91 Å². The summed E-state index contributed by atoms with van der Waals surface area (Å²) < 4.78 is 5.67. The lowest BCUT2D eigenvalue weighted by atomic mass is 9.83. The van der Waals surface area contributed by atoms with Crippen molar-refractivity contribution >= 4 is 5.91 Å². The number of nitrogens with one attached hydrogen (secondary N) is 1. The second kappa shape index (κ2) is 4.25. The highest BCUT2D eigenvalue weighted by atomic mass is 16.5. The molecule has 0 fully saturated rings. The first kappa shape index (κ1) is 12.1. The van der Waals surface area contributed by atoms with Crippen LogP contribution >= 0.6 is 0 Å². The van der Waals surface area contributed by atoms with Gasteiger partial charge in [0.05, 0.1) is 12.1 Å². The molecule has 0 saturated heterocycles. The predicted octanol–water partition coefficient (Wildman–Crippen LogP) is 2.09. The number of carbonyl (C=O) groups excluding carboxylic acids is 1. The first-order valence-corrected chi connectivity index (χ1v) is 5.49. The third kappa shape index (κ3) is 2.74. The molecule has 0 atom stereocenters. The van der Waals surface area contributed by atoms with E-state index in [4.69, 9.17) is 4.74 Å². The molecule has 0 aromatic carbocycles. The van der Waals surface area contributed by atoms with E-state index < -0.39 is 0 Å². The summed E-state index contributed by atoms with van der Waals surface area (Å²) in [6.07, 6.45) is 0. The topological polar surface area (TPSA) is 38.3 Å². The Morgan fingerprint density at radius 3 is 2.40 bits per heavy atom. The molecule has 3 nitrogen and oxygen atoms in total. The van der Waals surface area contributed by atoms with E-state index in [0.717, 1.165) is 11.3 Å². The van der Waals surface area contributed by atoms with Gasteiger partial charge in [-0.3, -0.25) is 4.79 Å². The van der Waals surface area contributed by atoms with Crippen molar-refractivity contribution in [3.8, 4) is 0 Å². The fourth-order valence-corrected chi connectivity index (χ4v) is 1.76. The monoisotopic (exact) mass is 211 g/mol. The van der Waals surface area contributed by atoms with Crippen LogP contribution in [0.5, 0.6) is 0 Å². The summed E-state index contributed by atoms with van der Waals surface area (Å²) in [5.74, 6) is 1.12. The van der Waals surface area contributed by atoms with Crippen molar-refractivity contribution in [1.29, 1.82) is 0 Å². The fourth-order valence-electron chi connectivity index (χ4n) is 1.76. The molecule has 0 bridgehead atoms. The second-order valence-corrected chi connectivity index (χ2v) is 5.25. The van der Waals surface area contributed by atoms with Gasteiger partial charge in [-0.1, -0.05) is 34.6 Å².